The molecule has 0 aromatic heterocycles. The number of nitrogens with one attached hydrogen (secondary N) is 2. The van der Waals surface area contributed by atoms with Gasteiger partial charge in [0.15, 0.2) is 0 Å². The molecule has 0 radical (unpaired) electrons. The van der Waals surface area contributed by atoms with Crippen LogP contribution in [0.15, 0.2) is 53.0 Å². The number of hydrogen-bond acceptors (Lipinski definition) is 1. The fraction of sp³-hybridized carbons (Fsp3) is 0. The van der Waals surface area contributed by atoms with E-state index in [0.29, 0.717) is 16.4 Å². The Morgan fingerprint density at radius 3 is 2.17 bits per heavy atom. The van der Waals surface area contributed by atoms with Gasteiger partial charge in [-0.05, 0) is 40.2 Å². The van der Waals surface area contributed by atoms with Crippen molar-refractivity contribution in [2.24, 2.45) is 0 Å². The predicted molar refractivity (Wildman–Crippen MR) is 78.2 cm³/mol. The van der Waals surface area contributed by atoms with Crippen LogP contribution in [-0.4, -0.2) is 6.03 Å². The van der Waals surface area contributed by atoms with E-state index in [1.165, 1.54) is 0 Å². The Morgan fingerprint density at radius 2 is 1.50 bits per heavy atom. The Morgan fingerprint density at radius 1 is 0.944 bits per heavy atom. The molecule has 0 heterocycles. The molecule has 18 heavy (non-hydrogen) atoms. The topological polar surface area (TPSA) is 41.1 Å². The van der Waals surface area contributed by atoms with Gasteiger partial charge in [-0.3, -0.25) is 0 Å². The lowest BCUT2D eigenvalue weighted by atomic mass is 10.3. The van der Waals surface area contributed by atoms with Crippen LogP contribution in [0.25, 0.3) is 0 Å². The van der Waals surface area contributed by atoms with Crippen molar-refractivity contribution in [3.63, 3.8) is 0 Å². The van der Waals surface area contributed by atoms with Crippen LogP contribution in [-0.2, 0) is 0 Å². The summed E-state index contributed by atoms with van der Waals surface area (Å²) in [5.41, 5.74) is 1.27. The van der Waals surface area contributed by atoms with Gasteiger partial charge >= 0.3 is 6.03 Å². The molecule has 2 amide bonds. The largest absolute Gasteiger partial charge is 0.323 e. The molecule has 2 aromatic carbocycles. The Bertz CT molecular complexity index is 525. The number of anilines is 2. The second-order valence-electron chi connectivity index (χ2n) is 3.54. The molecular weight excluding hydrogens is 316 g/mol. The summed E-state index contributed by atoms with van der Waals surface area (Å²) in [7, 11) is 0. The predicted octanol–water partition coefficient (Wildman–Crippen LogP) is 4.75. The SMILES string of the molecule is O=C(Nc1ccccc1Cl)Nc1ccccc1Br. The summed E-state index contributed by atoms with van der Waals surface area (Å²) in [6.45, 7) is 0. The molecular formula is C13H10BrClN2O. The van der Waals surface area contributed by atoms with Gasteiger partial charge in [-0.2, -0.15) is 0 Å². The van der Waals surface area contributed by atoms with Crippen molar-refractivity contribution in [2.45, 2.75) is 0 Å². The number of urea groups is 1. The van der Waals surface area contributed by atoms with Gasteiger partial charge in [0.1, 0.15) is 0 Å². The summed E-state index contributed by atoms with van der Waals surface area (Å²) < 4.78 is 0.819. The van der Waals surface area contributed by atoms with E-state index in [-0.39, 0.29) is 6.03 Å². The molecule has 0 atom stereocenters. The van der Waals surface area contributed by atoms with E-state index in [4.69, 9.17) is 11.6 Å². The molecule has 5 heteroatoms. The highest BCUT2D eigenvalue weighted by Gasteiger charge is 2.06. The van der Waals surface area contributed by atoms with Crippen LogP contribution < -0.4 is 10.6 Å². The maximum absolute atomic E-state index is 11.8. The van der Waals surface area contributed by atoms with Crippen LogP contribution in [0.2, 0.25) is 5.02 Å². The summed E-state index contributed by atoms with van der Waals surface area (Å²) in [6, 6.07) is 14.1. The molecule has 0 aliphatic carbocycles. The molecule has 0 saturated heterocycles. The quantitative estimate of drug-likeness (QED) is 0.822. The highest BCUT2D eigenvalue weighted by Crippen LogP contribution is 2.23. The Kier molecular flexibility index (Phi) is 4.23. The number of hydrogen-bond donors (Lipinski definition) is 2. The molecule has 92 valence electrons. The third kappa shape index (κ3) is 3.24. The molecule has 2 aromatic rings. The van der Waals surface area contributed by atoms with E-state index >= 15 is 0 Å². The van der Waals surface area contributed by atoms with Crippen molar-refractivity contribution in [3.05, 3.63) is 58.0 Å². The van der Waals surface area contributed by atoms with Gasteiger partial charge in [0.2, 0.25) is 0 Å². The first kappa shape index (κ1) is 12.9. The maximum Gasteiger partial charge on any atom is 0.323 e. The Hall–Kier alpha value is -1.52. The zero-order valence-corrected chi connectivity index (χ0v) is 11.6. The minimum atomic E-state index is -0.338. The third-order valence-corrected chi connectivity index (χ3v) is 3.27. The van der Waals surface area contributed by atoms with Crippen molar-refractivity contribution in [2.75, 3.05) is 10.6 Å². The van der Waals surface area contributed by atoms with Crippen molar-refractivity contribution in [3.8, 4) is 0 Å². The fourth-order valence-corrected chi connectivity index (χ4v) is 1.97. The number of rotatable bonds is 2. The van der Waals surface area contributed by atoms with E-state index < -0.39 is 0 Å². The number of benzene rings is 2. The van der Waals surface area contributed by atoms with E-state index in [1.54, 1.807) is 30.3 Å². The summed E-state index contributed by atoms with van der Waals surface area (Å²) in [4.78, 5) is 11.8. The number of halogens is 2. The van der Waals surface area contributed by atoms with E-state index in [2.05, 4.69) is 26.6 Å². The average Bonchev–Trinajstić information content (AvgIpc) is 2.35. The Balaban J connectivity index is 2.06. The minimum Gasteiger partial charge on any atom is -0.307 e. The first-order valence-electron chi connectivity index (χ1n) is 5.24. The van der Waals surface area contributed by atoms with Gasteiger partial charge in [-0.15, -0.1) is 0 Å². The van der Waals surface area contributed by atoms with Crippen LogP contribution in [0.4, 0.5) is 16.2 Å². The molecule has 2 N–H and O–H groups in total. The fourth-order valence-electron chi connectivity index (χ4n) is 1.40. The Labute approximate surface area is 118 Å². The van der Waals surface area contributed by atoms with Gasteiger partial charge < -0.3 is 10.6 Å². The zero-order valence-electron chi connectivity index (χ0n) is 9.28. The molecule has 3 nitrogen and oxygen atoms in total. The standard InChI is InChI=1S/C13H10BrClN2O/c14-9-5-1-3-7-11(9)16-13(18)17-12-8-4-2-6-10(12)15/h1-8H,(H2,16,17,18). The molecule has 0 unspecified atom stereocenters. The third-order valence-electron chi connectivity index (χ3n) is 2.24. The minimum absolute atomic E-state index is 0.338. The number of carbonyl (C=O) groups excluding carboxylic acids is 1. The summed E-state index contributed by atoms with van der Waals surface area (Å²) in [5, 5.41) is 5.91. The average molecular weight is 326 g/mol. The molecule has 2 rings (SSSR count). The zero-order chi connectivity index (χ0) is 13.0. The van der Waals surface area contributed by atoms with Gasteiger partial charge in [0, 0.05) is 4.47 Å². The highest BCUT2D eigenvalue weighted by atomic mass is 79.9. The van der Waals surface area contributed by atoms with E-state index in [1.807, 2.05) is 18.2 Å². The summed E-state index contributed by atoms with van der Waals surface area (Å²) in [5.74, 6) is 0. The number of carbonyl (C=O) groups is 1. The van der Waals surface area contributed by atoms with Crippen LogP contribution >= 0.6 is 27.5 Å². The lowest BCUT2D eigenvalue weighted by molar-refractivity contribution is 0.262. The molecule has 0 spiro atoms. The lowest BCUT2D eigenvalue weighted by Gasteiger charge is -2.09. The molecule has 0 aliphatic heterocycles. The summed E-state index contributed by atoms with van der Waals surface area (Å²) in [6.07, 6.45) is 0. The number of amides is 2. The van der Waals surface area contributed by atoms with Gasteiger partial charge in [0.25, 0.3) is 0 Å². The van der Waals surface area contributed by atoms with E-state index in [0.717, 1.165) is 4.47 Å². The van der Waals surface area contributed by atoms with Gasteiger partial charge in [-0.25, -0.2) is 4.79 Å². The summed E-state index contributed by atoms with van der Waals surface area (Å²) >= 11 is 9.31. The lowest BCUT2D eigenvalue weighted by Crippen LogP contribution is -2.19. The van der Waals surface area contributed by atoms with Crippen LogP contribution in [0.5, 0.6) is 0 Å². The second kappa shape index (κ2) is 5.89. The van der Waals surface area contributed by atoms with Crippen molar-refractivity contribution in [1.82, 2.24) is 0 Å². The normalized spacial score (nSPS) is 9.89. The van der Waals surface area contributed by atoms with Gasteiger partial charge in [-0.1, -0.05) is 35.9 Å². The van der Waals surface area contributed by atoms with Gasteiger partial charge in [0.05, 0.1) is 16.4 Å². The second-order valence-corrected chi connectivity index (χ2v) is 4.80. The van der Waals surface area contributed by atoms with Crippen molar-refractivity contribution < 1.29 is 4.79 Å². The maximum atomic E-state index is 11.8. The van der Waals surface area contributed by atoms with Crippen LogP contribution in [0.1, 0.15) is 0 Å². The molecule has 0 fully saturated rings. The van der Waals surface area contributed by atoms with Crippen LogP contribution in [0.3, 0.4) is 0 Å². The smallest absolute Gasteiger partial charge is 0.307 e. The first-order valence-corrected chi connectivity index (χ1v) is 6.41. The number of para-hydroxylation sites is 2. The van der Waals surface area contributed by atoms with Crippen molar-refractivity contribution in [1.29, 1.82) is 0 Å². The van der Waals surface area contributed by atoms with Crippen LogP contribution in [0, 0.1) is 0 Å². The molecule has 0 saturated carbocycles. The van der Waals surface area contributed by atoms with Crippen molar-refractivity contribution >= 4 is 44.9 Å². The highest BCUT2D eigenvalue weighted by molar-refractivity contribution is 9.10. The first-order chi connectivity index (χ1) is 8.66. The van der Waals surface area contributed by atoms with E-state index in [9.17, 15) is 4.79 Å². The molecule has 0 bridgehead atoms. The monoisotopic (exact) mass is 324 g/mol. The molecule has 0 aliphatic rings.